The van der Waals surface area contributed by atoms with Gasteiger partial charge in [-0.2, -0.15) is 5.10 Å². The SMILES string of the molecule is CC(C)Cc1cc(Cl)n(C2CCCCC2)n1. The maximum Gasteiger partial charge on any atom is 0.127 e. The van der Waals surface area contributed by atoms with Crippen molar-refractivity contribution in [1.82, 2.24) is 9.78 Å². The lowest BCUT2D eigenvalue weighted by Crippen LogP contribution is -2.14. The van der Waals surface area contributed by atoms with Crippen LogP contribution in [-0.4, -0.2) is 9.78 Å². The van der Waals surface area contributed by atoms with E-state index in [1.807, 2.05) is 6.07 Å². The van der Waals surface area contributed by atoms with Crippen LogP contribution in [0.5, 0.6) is 0 Å². The van der Waals surface area contributed by atoms with Gasteiger partial charge in [-0.3, -0.25) is 4.68 Å². The molecule has 1 heterocycles. The van der Waals surface area contributed by atoms with Gasteiger partial charge in [0, 0.05) is 0 Å². The van der Waals surface area contributed by atoms with Gasteiger partial charge in [-0.1, -0.05) is 44.7 Å². The van der Waals surface area contributed by atoms with Crippen LogP contribution in [0.15, 0.2) is 6.07 Å². The van der Waals surface area contributed by atoms with E-state index in [2.05, 4.69) is 23.6 Å². The molecule has 3 heteroatoms. The number of hydrogen-bond donors (Lipinski definition) is 0. The molecule has 1 aromatic rings. The van der Waals surface area contributed by atoms with Crippen LogP contribution in [0.3, 0.4) is 0 Å². The van der Waals surface area contributed by atoms with Crippen LogP contribution in [0.25, 0.3) is 0 Å². The van der Waals surface area contributed by atoms with E-state index in [9.17, 15) is 0 Å². The lowest BCUT2D eigenvalue weighted by atomic mass is 9.96. The summed E-state index contributed by atoms with van der Waals surface area (Å²) in [6.45, 7) is 4.43. The summed E-state index contributed by atoms with van der Waals surface area (Å²) in [6, 6.07) is 2.58. The molecule has 0 bridgehead atoms. The fourth-order valence-electron chi connectivity index (χ4n) is 2.52. The minimum Gasteiger partial charge on any atom is -0.251 e. The van der Waals surface area contributed by atoms with Crippen LogP contribution >= 0.6 is 11.6 Å². The topological polar surface area (TPSA) is 17.8 Å². The molecule has 2 rings (SSSR count). The Bertz CT molecular complexity index is 338. The largest absolute Gasteiger partial charge is 0.251 e. The maximum absolute atomic E-state index is 6.26. The Labute approximate surface area is 103 Å². The molecule has 1 fully saturated rings. The van der Waals surface area contributed by atoms with Crippen molar-refractivity contribution in [3.05, 3.63) is 16.9 Å². The molecule has 0 amide bonds. The van der Waals surface area contributed by atoms with E-state index in [0.717, 1.165) is 17.3 Å². The predicted octanol–water partition coefficient (Wildman–Crippen LogP) is 4.24. The molecule has 1 saturated carbocycles. The molecule has 90 valence electrons. The molecular formula is C13H21ClN2. The van der Waals surface area contributed by atoms with E-state index in [0.29, 0.717) is 12.0 Å². The van der Waals surface area contributed by atoms with Gasteiger partial charge in [0.2, 0.25) is 0 Å². The van der Waals surface area contributed by atoms with Crippen molar-refractivity contribution < 1.29 is 0 Å². The Morgan fingerprint density at radius 1 is 1.38 bits per heavy atom. The smallest absolute Gasteiger partial charge is 0.127 e. The summed E-state index contributed by atoms with van der Waals surface area (Å²) < 4.78 is 2.05. The van der Waals surface area contributed by atoms with Crippen molar-refractivity contribution >= 4 is 11.6 Å². The minimum absolute atomic E-state index is 0.544. The average Bonchev–Trinajstić information content (AvgIpc) is 2.60. The zero-order chi connectivity index (χ0) is 11.5. The molecule has 2 nitrogen and oxygen atoms in total. The second-order valence-electron chi connectivity index (χ2n) is 5.29. The standard InChI is InChI=1S/C13H21ClN2/c1-10(2)8-11-9-13(14)16(15-11)12-6-4-3-5-7-12/h9-10,12H,3-8H2,1-2H3. The number of nitrogens with zero attached hydrogens (tertiary/aromatic N) is 2. The third kappa shape index (κ3) is 2.79. The predicted molar refractivity (Wildman–Crippen MR) is 67.9 cm³/mol. The third-order valence-corrected chi connectivity index (χ3v) is 3.56. The Hall–Kier alpha value is -0.500. The molecule has 16 heavy (non-hydrogen) atoms. The zero-order valence-electron chi connectivity index (χ0n) is 10.2. The minimum atomic E-state index is 0.544. The van der Waals surface area contributed by atoms with Crippen LogP contribution in [0.2, 0.25) is 5.15 Å². The molecule has 0 aromatic carbocycles. The first kappa shape index (κ1) is 12.0. The summed E-state index contributed by atoms with van der Waals surface area (Å²) >= 11 is 6.26. The molecule has 0 spiro atoms. The fourth-order valence-corrected chi connectivity index (χ4v) is 2.82. The molecule has 0 atom stereocenters. The molecule has 1 aromatic heterocycles. The summed E-state index contributed by atoms with van der Waals surface area (Å²) in [6.07, 6.45) is 7.51. The highest BCUT2D eigenvalue weighted by atomic mass is 35.5. The molecule has 0 unspecified atom stereocenters. The van der Waals surface area contributed by atoms with Gasteiger partial charge in [-0.15, -0.1) is 0 Å². The maximum atomic E-state index is 6.26. The second-order valence-corrected chi connectivity index (χ2v) is 5.68. The van der Waals surface area contributed by atoms with Crippen LogP contribution in [0.4, 0.5) is 0 Å². The van der Waals surface area contributed by atoms with E-state index in [-0.39, 0.29) is 0 Å². The highest BCUT2D eigenvalue weighted by molar-refractivity contribution is 6.29. The van der Waals surface area contributed by atoms with Crippen molar-refractivity contribution in [2.75, 3.05) is 0 Å². The molecule has 0 N–H and O–H groups in total. The van der Waals surface area contributed by atoms with Gasteiger partial charge in [0.1, 0.15) is 5.15 Å². The van der Waals surface area contributed by atoms with Crippen LogP contribution in [0, 0.1) is 5.92 Å². The van der Waals surface area contributed by atoms with Crippen molar-refractivity contribution in [3.8, 4) is 0 Å². The van der Waals surface area contributed by atoms with Gasteiger partial charge in [0.05, 0.1) is 11.7 Å². The highest BCUT2D eigenvalue weighted by Crippen LogP contribution is 2.30. The van der Waals surface area contributed by atoms with Crippen molar-refractivity contribution in [2.45, 2.75) is 58.4 Å². The summed E-state index contributed by atoms with van der Waals surface area (Å²) in [7, 11) is 0. The quantitative estimate of drug-likeness (QED) is 0.773. The zero-order valence-corrected chi connectivity index (χ0v) is 11.0. The molecule has 0 saturated heterocycles. The molecule has 0 radical (unpaired) electrons. The summed E-state index contributed by atoms with van der Waals surface area (Å²) in [5.74, 6) is 0.644. The van der Waals surface area contributed by atoms with Crippen molar-refractivity contribution in [3.63, 3.8) is 0 Å². The number of halogens is 1. The van der Waals surface area contributed by atoms with Gasteiger partial charge >= 0.3 is 0 Å². The van der Waals surface area contributed by atoms with Gasteiger partial charge in [0.25, 0.3) is 0 Å². The second kappa shape index (κ2) is 5.22. The lowest BCUT2D eigenvalue weighted by Gasteiger charge is -2.22. The molecule has 0 aliphatic heterocycles. The summed E-state index contributed by atoms with van der Waals surface area (Å²) in [4.78, 5) is 0. The molecular weight excluding hydrogens is 220 g/mol. The normalized spacial score (nSPS) is 18.2. The number of rotatable bonds is 3. The van der Waals surface area contributed by atoms with Crippen LogP contribution in [-0.2, 0) is 6.42 Å². The van der Waals surface area contributed by atoms with Gasteiger partial charge in [-0.05, 0) is 31.2 Å². The highest BCUT2D eigenvalue weighted by Gasteiger charge is 2.19. The Morgan fingerprint density at radius 3 is 2.69 bits per heavy atom. The van der Waals surface area contributed by atoms with Crippen molar-refractivity contribution in [1.29, 1.82) is 0 Å². The van der Waals surface area contributed by atoms with Crippen LogP contribution < -0.4 is 0 Å². The van der Waals surface area contributed by atoms with E-state index in [1.54, 1.807) is 0 Å². The Morgan fingerprint density at radius 2 is 2.06 bits per heavy atom. The fraction of sp³-hybridized carbons (Fsp3) is 0.769. The first-order valence-electron chi connectivity index (χ1n) is 6.40. The number of hydrogen-bond acceptors (Lipinski definition) is 1. The Kier molecular flexibility index (Phi) is 3.91. The van der Waals surface area contributed by atoms with E-state index in [1.165, 1.54) is 32.1 Å². The average molecular weight is 241 g/mol. The first-order valence-corrected chi connectivity index (χ1v) is 6.78. The van der Waals surface area contributed by atoms with Crippen LogP contribution in [0.1, 0.15) is 57.7 Å². The molecule has 1 aliphatic carbocycles. The lowest BCUT2D eigenvalue weighted by molar-refractivity contribution is 0.328. The van der Waals surface area contributed by atoms with E-state index < -0.39 is 0 Å². The van der Waals surface area contributed by atoms with E-state index in [4.69, 9.17) is 11.6 Å². The summed E-state index contributed by atoms with van der Waals surface area (Å²) in [5, 5.41) is 5.48. The molecule has 1 aliphatic rings. The van der Waals surface area contributed by atoms with Crippen molar-refractivity contribution in [2.24, 2.45) is 5.92 Å². The summed E-state index contributed by atoms with van der Waals surface area (Å²) in [5.41, 5.74) is 1.14. The van der Waals surface area contributed by atoms with E-state index >= 15 is 0 Å². The van der Waals surface area contributed by atoms with Gasteiger partial charge in [0.15, 0.2) is 0 Å². The van der Waals surface area contributed by atoms with Gasteiger partial charge in [-0.25, -0.2) is 0 Å². The Balaban J connectivity index is 2.10. The monoisotopic (exact) mass is 240 g/mol. The third-order valence-electron chi connectivity index (χ3n) is 3.28. The first-order chi connectivity index (χ1) is 7.66. The number of aromatic nitrogens is 2. The van der Waals surface area contributed by atoms with Gasteiger partial charge < -0.3 is 0 Å².